The van der Waals surface area contributed by atoms with Gasteiger partial charge < -0.3 is 9.63 Å². The lowest BCUT2D eigenvalue weighted by atomic mass is 9.97. The molecular formula is C17H23N3O2. The normalized spacial score (nSPS) is 22.5. The second kappa shape index (κ2) is 6.58. The van der Waals surface area contributed by atoms with Crippen LogP contribution in [0.25, 0.3) is 0 Å². The van der Waals surface area contributed by atoms with Crippen molar-refractivity contribution >= 4 is 0 Å². The molecule has 5 nitrogen and oxygen atoms in total. The minimum atomic E-state index is -0.287. The van der Waals surface area contributed by atoms with Crippen molar-refractivity contribution in [2.45, 2.75) is 38.8 Å². The molecular weight excluding hydrogens is 278 g/mol. The van der Waals surface area contributed by atoms with Gasteiger partial charge in [0.25, 0.3) is 0 Å². The smallest absolute Gasteiger partial charge is 0.139 e. The second-order valence-corrected chi connectivity index (χ2v) is 6.46. The van der Waals surface area contributed by atoms with E-state index in [0.717, 1.165) is 31.0 Å². The van der Waals surface area contributed by atoms with E-state index >= 15 is 0 Å². The van der Waals surface area contributed by atoms with Gasteiger partial charge in [-0.15, -0.1) is 0 Å². The molecule has 0 spiro atoms. The molecule has 1 N–H and O–H groups in total. The summed E-state index contributed by atoms with van der Waals surface area (Å²) in [6.45, 7) is 6.50. The van der Waals surface area contributed by atoms with E-state index in [1.165, 1.54) is 5.56 Å². The van der Waals surface area contributed by atoms with Crippen LogP contribution in [-0.4, -0.2) is 39.3 Å². The summed E-state index contributed by atoms with van der Waals surface area (Å²) in [5.74, 6) is 1.53. The van der Waals surface area contributed by atoms with Crippen LogP contribution in [-0.2, 0) is 13.0 Å². The molecule has 0 bridgehead atoms. The van der Waals surface area contributed by atoms with Crippen molar-refractivity contribution in [3.05, 3.63) is 47.6 Å². The average molecular weight is 301 g/mol. The molecule has 3 rings (SSSR count). The Hall–Kier alpha value is -1.72. The summed E-state index contributed by atoms with van der Waals surface area (Å²) >= 11 is 0. The molecule has 1 saturated heterocycles. The third-order valence-corrected chi connectivity index (χ3v) is 4.26. The monoisotopic (exact) mass is 301 g/mol. The van der Waals surface area contributed by atoms with Crippen LogP contribution in [0.3, 0.4) is 0 Å². The summed E-state index contributed by atoms with van der Waals surface area (Å²) in [5, 5.41) is 14.4. The van der Waals surface area contributed by atoms with Crippen molar-refractivity contribution in [3.63, 3.8) is 0 Å². The van der Waals surface area contributed by atoms with Crippen LogP contribution in [0.1, 0.15) is 36.8 Å². The topological polar surface area (TPSA) is 62.4 Å². The molecule has 0 aromatic carbocycles. The third-order valence-electron chi connectivity index (χ3n) is 4.26. The Bertz CT molecular complexity index is 597. The molecule has 0 aliphatic carbocycles. The minimum Gasteiger partial charge on any atom is -0.391 e. The number of aromatic nitrogens is 2. The SMILES string of the molecule is CC(C)c1cc(CN2C[C@@H](Cc3ccncc3)[C@@H](O)C2)no1. The third kappa shape index (κ3) is 3.54. The van der Waals surface area contributed by atoms with Crippen molar-refractivity contribution in [2.24, 2.45) is 5.92 Å². The van der Waals surface area contributed by atoms with Crippen LogP contribution in [0.15, 0.2) is 35.1 Å². The molecule has 0 radical (unpaired) electrons. The van der Waals surface area contributed by atoms with Gasteiger partial charge >= 0.3 is 0 Å². The average Bonchev–Trinajstić information content (AvgIpc) is 3.08. The summed E-state index contributed by atoms with van der Waals surface area (Å²) in [4.78, 5) is 6.28. The lowest BCUT2D eigenvalue weighted by Gasteiger charge is -2.14. The standard InChI is InChI=1S/C17H23N3O2/c1-12(2)17-8-15(19-22-17)10-20-9-14(16(21)11-20)7-13-3-5-18-6-4-13/h3-6,8,12,14,16,21H,7,9-11H2,1-2H3/t14-,16+/m1/s1. The second-order valence-electron chi connectivity index (χ2n) is 6.46. The van der Waals surface area contributed by atoms with Crippen LogP contribution in [0.2, 0.25) is 0 Å². The number of pyridine rings is 1. The Labute approximate surface area is 131 Å². The number of hydrogen-bond acceptors (Lipinski definition) is 5. The first kappa shape index (κ1) is 15.2. The van der Waals surface area contributed by atoms with E-state index in [2.05, 4.69) is 28.9 Å². The maximum atomic E-state index is 10.3. The summed E-state index contributed by atoms with van der Waals surface area (Å²) in [6.07, 6.45) is 4.20. The van der Waals surface area contributed by atoms with Gasteiger partial charge in [-0.1, -0.05) is 19.0 Å². The van der Waals surface area contributed by atoms with E-state index in [1.807, 2.05) is 18.2 Å². The first-order valence-electron chi connectivity index (χ1n) is 7.86. The molecule has 1 fully saturated rings. The van der Waals surface area contributed by atoms with E-state index < -0.39 is 0 Å². The van der Waals surface area contributed by atoms with E-state index in [-0.39, 0.29) is 12.0 Å². The van der Waals surface area contributed by atoms with E-state index in [1.54, 1.807) is 12.4 Å². The quantitative estimate of drug-likeness (QED) is 0.917. The molecule has 2 atom stereocenters. The van der Waals surface area contributed by atoms with Crippen LogP contribution >= 0.6 is 0 Å². The van der Waals surface area contributed by atoms with Gasteiger partial charge in [0.2, 0.25) is 0 Å². The van der Waals surface area contributed by atoms with Crippen molar-refractivity contribution < 1.29 is 9.63 Å². The van der Waals surface area contributed by atoms with E-state index in [9.17, 15) is 5.11 Å². The van der Waals surface area contributed by atoms with Crippen LogP contribution in [0.4, 0.5) is 0 Å². The molecule has 118 valence electrons. The molecule has 1 aliphatic heterocycles. The summed E-state index contributed by atoms with van der Waals surface area (Å²) in [7, 11) is 0. The van der Waals surface area contributed by atoms with Gasteiger partial charge in [-0.05, 0) is 24.1 Å². The van der Waals surface area contributed by atoms with Gasteiger partial charge in [0.1, 0.15) is 5.76 Å². The molecule has 3 heterocycles. The zero-order chi connectivity index (χ0) is 15.5. The van der Waals surface area contributed by atoms with Crippen molar-refractivity contribution in [3.8, 4) is 0 Å². The Kier molecular flexibility index (Phi) is 4.55. The number of rotatable bonds is 5. The largest absolute Gasteiger partial charge is 0.391 e. The van der Waals surface area contributed by atoms with Gasteiger partial charge in [-0.25, -0.2) is 0 Å². The minimum absolute atomic E-state index is 0.263. The van der Waals surface area contributed by atoms with Gasteiger partial charge in [-0.2, -0.15) is 0 Å². The molecule has 2 aromatic rings. The highest BCUT2D eigenvalue weighted by atomic mass is 16.5. The van der Waals surface area contributed by atoms with Gasteiger partial charge in [-0.3, -0.25) is 9.88 Å². The molecule has 1 aliphatic rings. The molecule has 0 amide bonds. The zero-order valence-electron chi connectivity index (χ0n) is 13.1. The lowest BCUT2D eigenvalue weighted by Crippen LogP contribution is -2.21. The van der Waals surface area contributed by atoms with Crippen LogP contribution in [0, 0.1) is 5.92 Å². The zero-order valence-corrected chi connectivity index (χ0v) is 13.1. The Morgan fingerprint density at radius 2 is 2.09 bits per heavy atom. The number of likely N-dealkylation sites (tertiary alicyclic amines) is 1. The summed E-state index contributed by atoms with van der Waals surface area (Å²) in [6, 6.07) is 6.05. The Morgan fingerprint density at radius 1 is 1.32 bits per heavy atom. The summed E-state index contributed by atoms with van der Waals surface area (Å²) in [5.41, 5.74) is 2.17. The molecule has 2 aromatic heterocycles. The van der Waals surface area contributed by atoms with Crippen molar-refractivity contribution in [2.75, 3.05) is 13.1 Å². The lowest BCUT2D eigenvalue weighted by molar-refractivity contribution is 0.140. The fraction of sp³-hybridized carbons (Fsp3) is 0.529. The maximum Gasteiger partial charge on any atom is 0.139 e. The van der Waals surface area contributed by atoms with E-state index in [4.69, 9.17) is 4.52 Å². The highest BCUT2D eigenvalue weighted by Gasteiger charge is 2.31. The predicted molar refractivity (Wildman–Crippen MR) is 83.3 cm³/mol. The Balaban J connectivity index is 1.58. The van der Waals surface area contributed by atoms with Gasteiger partial charge in [0.15, 0.2) is 0 Å². The number of nitrogens with zero attached hydrogens (tertiary/aromatic N) is 3. The Morgan fingerprint density at radius 3 is 2.77 bits per heavy atom. The number of hydrogen-bond donors (Lipinski definition) is 1. The highest BCUT2D eigenvalue weighted by molar-refractivity contribution is 5.12. The fourth-order valence-corrected chi connectivity index (χ4v) is 3.00. The summed E-state index contributed by atoms with van der Waals surface area (Å²) < 4.78 is 5.34. The van der Waals surface area contributed by atoms with Crippen LogP contribution in [0.5, 0.6) is 0 Å². The molecule has 5 heteroatoms. The van der Waals surface area contributed by atoms with Gasteiger partial charge in [0.05, 0.1) is 11.8 Å². The van der Waals surface area contributed by atoms with Crippen molar-refractivity contribution in [1.82, 2.24) is 15.0 Å². The van der Waals surface area contributed by atoms with Crippen molar-refractivity contribution in [1.29, 1.82) is 0 Å². The number of aliphatic hydroxyl groups is 1. The number of β-amino-alcohol motifs (C(OH)–C–C–N with tert-alkyl or cyclic N) is 1. The molecule has 22 heavy (non-hydrogen) atoms. The highest BCUT2D eigenvalue weighted by Crippen LogP contribution is 2.23. The van der Waals surface area contributed by atoms with Gasteiger partial charge in [0, 0.05) is 49.9 Å². The first-order valence-corrected chi connectivity index (χ1v) is 7.86. The van der Waals surface area contributed by atoms with Crippen LogP contribution < -0.4 is 0 Å². The van der Waals surface area contributed by atoms with E-state index in [0.29, 0.717) is 12.5 Å². The first-order chi connectivity index (χ1) is 10.6. The maximum absolute atomic E-state index is 10.3. The fourth-order valence-electron chi connectivity index (χ4n) is 3.00. The predicted octanol–water partition coefficient (Wildman–Crippen LogP) is 2.23. The molecule has 0 saturated carbocycles. The molecule has 0 unspecified atom stereocenters. The number of aliphatic hydroxyl groups excluding tert-OH is 1.